The van der Waals surface area contributed by atoms with E-state index in [1.807, 2.05) is 71.6 Å². The number of nitrogens with one attached hydrogen (secondary N) is 1. The average Bonchev–Trinajstić information content (AvgIpc) is 3.11. The molecule has 0 radical (unpaired) electrons. The van der Waals surface area contributed by atoms with Gasteiger partial charge in [0.1, 0.15) is 4.99 Å². The molecule has 1 aliphatic heterocycles. The Morgan fingerprint density at radius 1 is 1.12 bits per heavy atom. The van der Waals surface area contributed by atoms with Gasteiger partial charge in [0.05, 0.1) is 23.5 Å². The number of carbonyl (C=O) groups excluding carboxylic acids is 1. The third-order valence-corrected chi connectivity index (χ3v) is 4.46. The monoisotopic (exact) mass is 360 g/mol. The fourth-order valence-corrected chi connectivity index (χ4v) is 3.07. The van der Waals surface area contributed by atoms with Crippen molar-refractivity contribution in [2.75, 3.05) is 5.32 Å². The maximum atomic E-state index is 12.4. The normalized spacial score (nSPS) is 13.4. The van der Waals surface area contributed by atoms with Crippen LogP contribution in [0.4, 0.5) is 11.4 Å². The summed E-state index contributed by atoms with van der Waals surface area (Å²) in [7, 11) is 0. The highest BCUT2D eigenvalue weighted by Gasteiger charge is 2.18. The van der Waals surface area contributed by atoms with E-state index in [1.54, 1.807) is 0 Å². The Morgan fingerprint density at radius 3 is 2.69 bits per heavy atom. The van der Waals surface area contributed by atoms with Crippen molar-refractivity contribution in [3.8, 4) is 5.69 Å². The Bertz CT molecular complexity index is 1040. The first-order valence-electron chi connectivity index (χ1n) is 8.15. The van der Waals surface area contributed by atoms with Crippen LogP contribution < -0.4 is 11.1 Å². The summed E-state index contributed by atoms with van der Waals surface area (Å²) < 4.78 is 1.98. The van der Waals surface area contributed by atoms with Gasteiger partial charge in [-0.05, 0) is 42.0 Å². The summed E-state index contributed by atoms with van der Waals surface area (Å²) in [6, 6.07) is 17.2. The van der Waals surface area contributed by atoms with Crippen LogP contribution in [0.1, 0.15) is 17.5 Å². The molecule has 128 valence electrons. The van der Waals surface area contributed by atoms with Gasteiger partial charge in [-0.2, -0.15) is 0 Å². The number of nitrogens with zero attached hydrogens (tertiary/aromatic N) is 2. The van der Waals surface area contributed by atoms with Gasteiger partial charge in [-0.15, -0.1) is 0 Å². The van der Waals surface area contributed by atoms with E-state index in [0.717, 1.165) is 22.5 Å². The van der Waals surface area contributed by atoms with Crippen molar-refractivity contribution < 1.29 is 4.79 Å². The van der Waals surface area contributed by atoms with Crippen molar-refractivity contribution in [1.29, 1.82) is 0 Å². The lowest BCUT2D eigenvalue weighted by atomic mass is 10.0. The summed E-state index contributed by atoms with van der Waals surface area (Å²) in [6.45, 7) is 0. The molecule has 0 spiro atoms. The summed E-state index contributed by atoms with van der Waals surface area (Å²) in [5, 5.41) is 2.94. The van der Waals surface area contributed by atoms with E-state index in [2.05, 4.69) is 5.32 Å². The van der Waals surface area contributed by atoms with E-state index in [1.165, 1.54) is 0 Å². The lowest BCUT2D eigenvalue weighted by Gasteiger charge is -2.08. The molecule has 0 fully saturated rings. The van der Waals surface area contributed by atoms with E-state index < -0.39 is 0 Å². The molecule has 0 atom stereocenters. The zero-order valence-corrected chi connectivity index (χ0v) is 14.7. The van der Waals surface area contributed by atoms with Crippen molar-refractivity contribution in [3.05, 3.63) is 78.1 Å². The SMILES string of the molecule is NC(=S)c1cccc(C2=Nc3ccc(-n4cccc4)cc3NC(=O)C2)c1. The molecule has 4 rings (SSSR count). The summed E-state index contributed by atoms with van der Waals surface area (Å²) >= 11 is 5.05. The molecule has 26 heavy (non-hydrogen) atoms. The minimum absolute atomic E-state index is 0.104. The van der Waals surface area contributed by atoms with Crippen molar-refractivity contribution in [2.24, 2.45) is 10.7 Å². The Kier molecular flexibility index (Phi) is 4.10. The molecule has 1 aromatic heterocycles. The quantitative estimate of drug-likeness (QED) is 0.701. The Balaban J connectivity index is 1.78. The van der Waals surface area contributed by atoms with E-state index in [9.17, 15) is 4.79 Å². The second kappa shape index (κ2) is 6.57. The number of aliphatic imine (C=N–C) groups is 1. The maximum Gasteiger partial charge on any atom is 0.230 e. The van der Waals surface area contributed by atoms with E-state index in [-0.39, 0.29) is 12.3 Å². The highest BCUT2D eigenvalue weighted by atomic mass is 32.1. The van der Waals surface area contributed by atoms with Gasteiger partial charge in [0.25, 0.3) is 0 Å². The van der Waals surface area contributed by atoms with Crippen LogP contribution in [0.3, 0.4) is 0 Å². The number of benzene rings is 2. The number of hydrogen-bond donors (Lipinski definition) is 2. The third kappa shape index (κ3) is 3.14. The molecule has 3 aromatic rings. The molecule has 6 heteroatoms. The molecule has 0 bridgehead atoms. The molecule has 2 heterocycles. The number of rotatable bonds is 3. The van der Waals surface area contributed by atoms with Crippen molar-refractivity contribution in [1.82, 2.24) is 4.57 Å². The number of amides is 1. The van der Waals surface area contributed by atoms with Gasteiger partial charge in [0.15, 0.2) is 0 Å². The van der Waals surface area contributed by atoms with Gasteiger partial charge >= 0.3 is 0 Å². The van der Waals surface area contributed by atoms with Gasteiger partial charge in [0, 0.05) is 23.6 Å². The zero-order chi connectivity index (χ0) is 18.1. The van der Waals surface area contributed by atoms with E-state index in [4.69, 9.17) is 22.9 Å². The molecule has 3 N–H and O–H groups in total. The first kappa shape index (κ1) is 16.2. The first-order valence-corrected chi connectivity index (χ1v) is 8.56. The fraction of sp³-hybridized carbons (Fsp3) is 0.0500. The largest absolute Gasteiger partial charge is 0.389 e. The number of thiocarbonyl (C=S) groups is 1. The molecule has 0 unspecified atom stereocenters. The minimum Gasteiger partial charge on any atom is -0.389 e. The van der Waals surface area contributed by atoms with E-state index in [0.29, 0.717) is 16.4 Å². The van der Waals surface area contributed by atoms with Crippen LogP contribution in [0.2, 0.25) is 0 Å². The summed E-state index contributed by atoms with van der Waals surface area (Å²) in [5.41, 5.74) is 10.4. The van der Waals surface area contributed by atoms with Crippen LogP contribution in [0.15, 0.2) is 72.0 Å². The predicted octanol–water partition coefficient (Wildman–Crippen LogP) is 3.57. The van der Waals surface area contributed by atoms with Crippen LogP contribution in [0.5, 0.6) is 0 Å². The summed E-state index contributed by atoms with van der Waals surface area (Å²) in [4.78, 5) is 17.4. The molecule has 5 nitrogen and oxygen atoms in total. The van der Waals surface area contributed by atoms with Crippen LogP contribution in [0, 0.1) is 0 Å². The standard InChI is InChI=1S/C20H16N4OS/c21-20(26)14-5-3-4-13(10-14)17-12-19(25)23-18-11-15(6-7-16(18)22-17)24-8-1-2-9-24/h1-11H,12H2,(H2,21,26)(H,23,25). The summed E-state index contributed by atoms with van der Waals surface area (Å²) in [6.07, 6.45) is 4.10. The van der Waals surface area contributed by atoms with Crippen molar-refractivity contribution >= 4 is 40.2 Å². The number of fused-ring (bicyclic) bond motifs is 1. The van der Waals surface area contributed by atoms with Gasteiger partial charge < -0.3 is 15.6 Å². The van der Waals surface area contributed by atoms with Gasteiger partial charge in [-0.1, -0.05) is 30.4 Å². The predicted molar refractivity (Wildman–Crippen MR) is 108 cm³/mol. The second-order valence-electron chi connectivity index (χ2n) is 6.02. The Labute approximate surface area is 156 Å². The first-order chi connectivity index (χ1) is 12.6. The highest BCUT2D eigenvalue weighted by molar-refractivity contribution is 7.80. The second-order valence-corrected chi connectivity index (χ2v) is 6.46. The smallest absolute Gasteiger partial charge is 0.230 e. The van der Waals surface area contributed by atoms with Gasteiger partial charge in [-0.25, -0.2) is 0 Å². The lowest BCUT2D eigenvalue weighted by molar-refractivity contribution is -0.115. The molecule has 1 aliphatic rings. The lowest BCUT2D eigenvalue weighted by Crippen LogP contribution is -2.16. The van der Waals surface area contributed by atoms with E-state index >= 15 is 0 Å². The fourth-order valence-electron chi connectivity index (χ4n) is 2.94. The zero-order valence-electron chi connectivity index (χ0n) is 13.8. The average molecular weight is 360 g/mol. The Hall–Kier alpha value is -3.25. The minimum atomic E-state index is -0.104. The number of hydrogen-bond acceptors (Lipinski definition) is 3. The highest BCUT2D eigenvalue weighted by Crippen LogP contribution is 2.31. The number of aromatic nitrogens is 1. The molecule has 0 saturated carbocycles. The molecule has 0 saturated heterocycles. The van der Waals surface area contributed by atoms with Crippen molar-refractivity contribution in [3.63, 3.8) is 0 Å². The summed E-state index contributed by atoms with van der Waals surface area (Å²) in [5.74, 6) is -0.104. The van der Waals surface area contributed by atoms with Crippen LogP contribution in [-0.2, 0) is 4.79 Å². The Morgan fingerprint density at radius 2 is 1.92 bits per heavy atom. The van der Waals surface area contributed by atoms with Crippen LogP contribution in [0.25, 0.3) is 5.69 Å². The van der Waals surface area contributed by atoms with Crippen molar-refractivity contribution in [2.45, 2.75) is 6.42 Å². The molecule has 2 aromatic carbocycles. The third-order valence-electron chi connectivity index (χ3n) is 4.22. The molecular formula is C20H16N4OS. The number of carbonyl (C=O) groups is 1. The van der Waals surface area contributed by atoms with Gasteiger partial charge in [-0.3, -0.25) is 9.79 Å². The maximum absolute atomic E-state index is 12.4. The topological polar surface area (TPSA) is 72.4 Å². The molecule has 0 aliphatic carbocycles. The van der Waals surface area contributed by atoms with Gasteiger partial charge in [0.2, 0.25) is 5.91 Å². The molecule has 1 amide bonds. The molecular weight excluding hydrogens is 344 g/mol. The number of anilines is 1. The van der Waals surface area contributed by atoms with Crippen LogP contribution >= 0.6 is 12.2 Å². The number of nitrogens with two attached hydrogens (primary N) is 1. The van der Waals surface area contributed by atoms with Crippen LogP contribution in [-0.4, -0.2) is 21.2 Å².